The number of amides is 1. The quantitative estimate of drug-likeness (QED) is 0.902. The molecule has 2 aromatic rings. The molecule has 21 heavy (non-hydrogen) atoms. The lowest BCUT2D eigenvalue weighted by atomic mass is 10.2. The minimum absolute atomic E-state index is 0.000964. The molecule has 0 saturated heterocycles. The van der Waals surface area contributed by atoms with Gasteiger partial charge in [0.05, 0.1) is 16.9 Å². The fourth-order valence-electron chi connectivity index (χ4n) is 1.65. The van der Waals surface area contributed by atoms with Crippen LogP contribution in [0.1, 0.15) is 21.6 Å². The highest BCUT2D eigenvalue weighted by molar-refractivity contribution is 5.91. The van der Waals surface area contributed by atoms with Crippen LogP contribution in [0.3, 0.4) is 0 Å². The first-order valence-corrected chi connectivity index (χ1v) is 6.24. The van der Waals surface area contributed by atoms with E-state index in [1.165, 1.54) is 12.3 Å². The van der Waals surface area contributed by atoms with E-state index < -0.39 is 12.1 Å². The molecule has 1 aromatic carbocycles. The summed E-state index contributed by atoms with van der Waals surface area (Å²) in [7, 11) is 0. The number of aryl methyl sites for hydroxylation is 1. The Bertz CT molecular complexity index is 656. The van der Waals surface area contributed by atoms with Crippen LogP contribution < -0.4 is 5.32 Å². The molecular formula is C15H14N2O4. The number of nitrogens with zero attached hydrogens (tertiary/aromatic N) is 1. The number of carboxylic acids is 1. The molecule has 0 aliphatic carbocycles. The van der Waals surface area contributed by atoms with Crippen molar-refractivity contribution in [1.82, 2.24) is 4.98 Å². The SMILES string of the molecule is Cc1ncc(C(=O)O)cc1NC(=O)OCc1ccccc1. The van der Waals surface area contributed by atoms with Crippen LogP contribution >= 0.6 is 0 Å². The van der Waals surface area contributed by atoms with Gasteiger partial charge in [0.25, 0.3) is 0 Å². The number of carboxylic acid groups (broad SMARTS) is 1. The molecule has 2 rings (SSSR count). The van der Waals surface area contributed by atoms with Gasteiger partial charge in [0, 0.05) is 6.20 Å². The van der Waals surface area contributed by atoms with Gasteiger partial charge in [-0.15, -0.1) is 0 Å². The molecule has 2 N–H and O–H groups in total. The summed E-state index contributed by atoms with van der Waals surface area (Å²) in [5, 5.41) is 11.4. The number of nitrogens with one attached hydrogen (secondary N) is 1. The first-order chi connectivity index (χ1) is 10.1. The molecule has 108 valence electrons. The van der Waals surface area contributed by atoms with Crippen molar-refractivity contribution in [2.24, 2.45) is 0 Å². The van der Waals surface area contributed by atoms with E-state index in [-0.39, 0.29) is 12.2 Å². The zero-order valence-corrected chi connectivity index (χ0v) is 11.4. The number of hydrogen-bond donors (Lipinski definition) is 2. The van der Waals surface area contributed by atoms with Crippen molar-refractivity contribution < 1.29 is 19.4 Å². The summed E-state index contributed by atoms with van der Waals surface area (Å²) in [5.41, 5.74) is 1.69. The van der Waals surface area contributed by atoms with Gasteiger partial charge in [-0.1, -0.05) is 30.3 Å². The molecule has 0 unspecified atom stereocenters. The number of benzene rings is 1. The maximum atomic E-state index is 11.7. The Labute approximate surface area is 121 Å². The lowest BCUT2D eigenvalue weighted by molar-refractivity contribution is 0.0696. The lowest BCUT2D eigenvalue weighted by Gasteiger charge is -2.09. The Balaban J connectivity index is 1.99. The number of ether oxygens (including phenoxy) is 1. The predicted molar refractivity (Wildman–Crippen MR) is 76.2 cm³/mol. The Hall–Kier alpha value is -2.89. The van der Waals surface area contributed by atoms with Gasteiger partial charge in [-0.2, -0.15) is 0 Å². The van der Waals surface area contributed by atoms with Crippen LogP contribution in [0.25, 0.3) is 0 Å². The highest BCUT2D eigenvalue weighted by Crippen LogP contribution is 2.15. The second-order valence-corrected chi connectivity index (χ2v) is 4.35. The van der Waals surface area contributed by atoms with Gasteiger partial charge in [-0.3, -0.25) is 10.3 Å². The van der Waals surface area contributed by atoms with Crippen molar-refractivity contribution in [2.75, 3.05) is 5.32 Å². The molecule has 1 heterocycles. The minimum Gasteiger partial charge on any atom is -0.478 e. The van der Waals surface area contributed by atoms with Crippen LogP contribution in [0.5, 0.6) is 0 Å². The molecule has 0 saturated carbocycles. The highest BCUT2D eigenvalue weighted by Gasteiger charge is 2.10. The third kappa shape index (κ3) is 4.04. The summed E-state index contributed by atoms with van der Waals surface area (Å²) >= 11 is 0. The first-order valence-electron chi connectivity index (χ1n) is 6.24. The first kappa shape index (κ1) is 14.5. The summed E-state index contributed by atoms with van der Waals surface area (Å²) < 4.78 is 5.06. The molecule has 0 fully saturated rings. The van der Waals surface area contributed by atoms with E-state index in [1.807, 2.05) is 30.3 Å². The van der Waals surface area contributed by atoms with Gasteiger partial charge < -0.3 is 9.84 Å². The number of aromatic carboxylic acids is 1. The Morgan fingerprint density at radius 1 is 1.29 bits per heavy atom. The van der Waals surface area contributed by atoms with Gasteiger partial charge in [0.15, 0.2) is 0 Å². The van der Waals surface area contributed by atoms with Crippen LogP contribution in [0.2, 0.25) is 0 Å². The second-order valence-electron chi connectivity index (χ2n) is 4.35. The fraction of sp³-hybridized carbons (Fsp3) is 0.133. The summed E-state index contributed by atoms with van der Waals surface area (Å²) in [5.74, 6) is -1.11. The average molecular weight is 286 g/mol. The third-order valence-electron chi connectivity index (χ3n) is 2.78. The number of aromatic nitrogens is 1. The van der Waals surface area contributed by atoms with Crippen molar-refractivity contribution in [3.8, 4) is 0 Å². The van der Waals surface area contributed by atoms with E-state index in [0.29, 0.717) is 11.4 Å². The van der Waals surface area contributed by atoms with E-state index in [2.05, 4.69) is 10.3 Å². The topological polar surface area (TPSA) is 88.5 Å². The van der Waals surface area contributed by atoms with Gasteiger partial charge in [0.2, 0.25) is 0 Å². The largest absolute Gasteiger partial charge is 0.478 e. The smallest absolute Gasteiger partial charge is 0.412 e. The van der Waals surface area contributed by atoms with E-state index in [0.717, 1.165) is 5.56 Å². The molecule has 0 atom stereocenters. The maximum absolute atomic E-state index is 11.7. The van der Waals surface area contributed by atoms with Gasteiger partial charge in [-0.05, 0) is 18.6 Å². The van der Waals surface area contributed by atoms with Gasteiger partial charge >= 0.3 is 12.1 Å². The number of anilines is 1. The van der Waals surface area contributed by atoms with Crippen LogP contribution in [0.4, 0.5) is 10.5 Å². The molecule has 0 aliphatic rings. The molecule has 1 aromatic heterocycles. The number of hydrogen-bond acceptors (Lipinski definition) is 4. The monoisotopic (exact) mass is 286 g/mol. The van der Waals surface area contributed by atoms with Crippen LogP contribution in [0.15, 0.2) is 42.6 Å². The van der Waals surface area contributed by atoms with E-state index >= 15 is 0 Å². The molecule has 0 radical (unpaired) electrons. The summed E-state index contributed by atoms with van der Waals surface area (Å²) in [6.45, 7) is 1.80. The average Bonchev–Trinajstić information content (AvgIpc) is 2.48. The molecule has 1 amide bonds. The van der Waals surface area contributed by atoms with Crippen molar-refractivity contribution in [3.05, 3.63) is 59.4 Å². The maximum Gasteiger partial charge on any atom is 0.412 e. The van der Waals surface area contributed by atoms with Crippen LogP contribution in [-0.4, -0.2) is 22.2 Å². The summed E-state index contributed by atoms with van der Waals surface area (Å²) in [4.78, 5) is 26.5. The third-order valence-corrected chi connectivity index (χ3v) is 2.78. The van der Waals surface area contributed by atoms with Gasteiger partial charge in [0.1, 0.15) is 6.61 Å². The normalized spacial score (nSPS) is 9.95. The Morgan fingerprint density at radius 2 is 2.00 bits per heavy atom. The van der Waals surface area contributed by atoms with Crippen LogP contribution in [0, 0.1) is 6.92 Å². The van der Waals surface area contributed by atoms with Crippen LogP contribution in [-0.2, 0) is 11.3 Å². The molecule has 0 aliphatic heterocycles. The molecular weight excluding hydrogens is 272 g/mol. The van der Waals surface area contributed by atoms with Crippen molar-refractivity contribution in [2.45, 2.75) is 13.5 Å². The van der Waals surface area contributed by atoms with E-state index in [4.69, 9.17) is 9.84 Å². The standard InChI is InChI=1S/C15H14N2O4/c1-10-13(7-12(8-16-10)14(18)19)17-15(20)21-9-11-5-3-2-4-6-11/h2-8H,9H2,1H3,(H,17,20)(H,18,19). The molecule has 6 nitrogen and oxygen atoms in total. The number of pyridine rings is 1. The zero-order chi connectivity index (χ0) is 15.2. The van der Waals surface area contributed by atoms with Gasteiger partial charge in [-0.25, -0.2) is 9.59 Å². The summed E-state index contributed by atoms with van der Waals surface area (Å²) in [6.07, 6.45) is 0.573. The minimum atomic E-state index is -1.11. The molecule has 0 spiro atoms. The van der Waals surface area contributed by atoms with Crippen molar-refractivity contribution in [1.29, 1.82) is 0 Å². The zero-order valence-electron chi connectivity index (χ0n) is 11.4. The highest BCUT2D eigenvalue weighted by atomic mass is 16.5. The van der Waals surface area contributed by atoms with Crippen molar-refractivity contribution in [3.63, 3.8) is 0 Å². The Kier molecular flexibility index (Phi) is 4.50. The number of carbonyl (C=O) groups excluding carboxylic acids is 1. The number of carbonyl (C=O) groups is 2. The number of rotatable bonds is 4. The second kappa shape index (κ2) is 6.51. The molecule has 0 bridgehead atoms. The predicted octanol–water partition coefficient (Wildman–Crippen LogP) is 2.84. The molecule has 6 heteroatoms. The fourth-order valence-corrected chi connectivity index (χ4v) is 1.65. The van der Waals surface area contributed by atoms with Crippen molar-refractivity contribution >= 4 is 17.7 Å². The van der Waals surface area contributed by atoms with E-state index in [1.54, 1.807) is 6.92 Å². The Morgan fingerprint density at radius 3 is 2.67 bits per heavy atom. The van der Waals surface area contributed by atoms with E-state index in [9.17, 15) is 9.59 Å². The lowest BCUT2D eigenvalue weighted by Crippen LogP contribution is -2.15. The summed E-state index contributed by atoms with van der Waals surface area (Å²) in [6, 6.07) is 10.6.